The number of hydrogen-bond donors (Lipinski definition) is 0. The first kappa shape index (κ1) is 20.9. The fourth-order valence-corrected chi connectivity index (χ4v) is 3.13. The molecule has 0 spiro atoms. The summed E-state index contributed by atoms with van der Waals surface area (Å²) in [5.41, 5.74) is 0. The van der Waals surface area contributed by atoms with Crippen LogP contribution in [-0.2, 0) is 0 Å². The summed E-state index contributed by atoms with van der Waals surface area (Å²) in [5, 5.41) is 12.5. The van der Waals surface area contributed by atoms with Crippen molar-refractivity contribution in [1.29, 1.82) is 0 Å². The molecule has 0 unspecified atom stereocenters. The summed E-state index contributed by atoms with van der Waals surface area (Å²) < 4.78 is 0. The monoisotopic (exact) mass is 347 g/mol. The first-order valence-electron chi connectivity index (χ1n) is 9.44. The summed E-state index contributed by atoms with van der Waals surface area (Å²) in [6.45, 7) is 2.94. The molecule has 0 radical (unpaired) electrons. The van der Waals surface area contributed by atoms with Crippen LogP contribution in [-0.4, -0.2) is 17.3 Å². The van der Waals surface area contributed by atoms with Crippen LogP contribution >= 0.6 is 11.8 Å². The van der Waals surface area contributed by atoms with E-state index in [1.165, 1.54) is 51.4 Å². The van der Waals surface area contributed by atoms with E-state index in [4.69, 9.17) is 0 Å². The van der Waals surface area contributed by atoms with Gasteiger partial charge in [0, 0.05) is 0 Å². The van der Waals surface area contributed by atoms with Crippen LogP contribution in [0.3, 0.4) is 0 Å². The Morgan fingerprint density at radius 1 is 0.833 bits per heavy atom. The van der Waals surface area contributed by atoms with Gasteiger partial charge >= 0.3 is 0 Å². The molecule has 3 nitrogen and oxygen atoms in total. The zero-order valence-corrected chi connectivity index (χ0v) is 16.0. The highest BCUT2D eigenvalue weighted by molar-refractivity contribution is 8.14. The van der Waals surface area contributed by atoms with E-state index in [9.17, 15) is 0 Å². The fourth-order valence-electron chi connectivity index (χ4n) is 2.30. The van der Waals surface area contributed by atoms with Crippen molar-refractivity contribution in [3.8, 4) is 0 Å². The van der Waals surface area contributed by atoms with E-state index in [0.717, 1.165) is 23.6 Å². The van der Waals surface area contributed by atoms with Crippen molar-refractivity contribution in [1.82, 2.24) is 0 Å². The molecule has 0 fully saturated rings. The molecule has 1 rings (SSSR count). The lowest BCUT2D eigenvalue weighted by Gasteiger charge is -1.98. The summed E-state index contributed by atoms with van der Waals surface area (Å²) in [4.78, 5) is 0. The standard InChI is InChI=1S/C20H33N3S/c1-2-3-4-5-6-7-8-9-10-11-12-13-14-15-16-17-18-24-20-19-21-23-22-20/h6-7,9-10,12-13H,2-5,8,11,14-19H2,1H3/b7-6-,10-9-,13-12-. The van der Waals surface area contributed by atoms with Gasteiger partial charge in [0.1, 0.15) is 11.6 Å². The zero-order valence-electron chi connectivity index (χ0n) is 15.2. The quantitative estimate of drug-likeness (QED) is 0.244. The molecule has 134 valence electrons. The van der Waals surface area contributed by atoms with E-state index in [-0.39, 0.29) is 0 Å². The third kappa shape index (κ3) is 13.3. The topological polar surface area (TPSA) is 37.1 Å². The van der Waals surface area contributed by atoms with Crippen LogP contribution in [0.1, 0.15) is 71.1 Å². The van der Waals surface area contributed by atoms with Gasteiger partial charge in [-0.15, -0.1) is 16.9 Å². The van der Waals surface area contributed by atoms with Gasteiger partial charge in [0.15, 0.2) is 0 Å². The first-order chi connectivity index (χ1) is 11.9. The van der Waals surface area contributed by atoms with E-state index < -0.39 is 0 Å². The van der Waals surface area contributed by atoms with Gasteiger partial charge in [-0.2, -0.15) is 5.11 Å². The fraction of sp³-hybridized carbons (Fsp3) is 0.650. The van der Waals surface area contributed by atoms with E-state index in [1.807, 2.05) is 0 Å². The molecule has 4 heteroatoms. The van der Waals surface area contributed by atoms with Crippen LogP contribution in [0.25, 0.3) is 0 Å². The molecular formula is C20H33N3S. The molecule has 1 aliphatic heterocycles. The van der Waals surface area contributed by atoms with Gasteiger partial charge in [-0.3, -0.25) is 0 Å². The number of thioether (sulfide) groups is 1. The van der Waals surface area contributed by atoms with E-state index in [1.54, 1.807) is 11.8 Å². The molecule has 1 aliphatic rings. The van der Waals surface area contributed by atoms with Gasteiger partial charge in [0.2, 0.25) is 0 Å². The molecule has 0 N–H and O–H groups in total. The van der Waals surface area contributed by atoms with Crippen LogP contribution < -0.4 is 0 Å². The number of unbranched alkanes of at least 4 members (excludes halogenated alkanes) is 6. The van der Waals surface area contributed by atoms with Crippen LogP contribution in [0.2, 0.25) is 0 Å². The molecule has 0 aromatic heterocycles. The normalized spacial score (nSPS) is 14.6. The van der Waals surface area contributed by atoms with Crippen LogP contribution in [0.5, 0.6) is 0 Å². The number of allylic oxidation sites excluding steroid dienone is 6. The van der Waals surface area contributed by atoms with E-state index in [2.05, 4.69) is 58.8 Å². The Labute approximate surface area is 152 Å². The van der Waals surface area contributed by atoms with Gasteiger partial charge < -0.3 is 0 Å². The molecular weight excluding hydrogens is 314 g/mol. The van der Waals surface area contributed by atoms with Crippen LogP contribution in [0.15, 0.2) is 51.9 Å². The number of rotatable bonds is 14. The van der Waals surface area contributed by atoms with Crippen molar-refractivity contribution in [2.45, 2.75) is 71.1 Å². The average Bonchev–Trinajstić information content (AvgIpc) is 3.11. The van der Waals surface area contributed by atoms with Crippen molar-refractivity contribution in [3.05, 3.63) is 36.5 Å². The molecule has 0 aliphatic carbocycles. The summed E-state index contributed by atoms with van der Waals surface area (Å²) in [5.74, 6) is 1.14. The highest BCUT2D eigenvalue weighted by Crippen LogP contribution is 2.13. The minimum atomic E-state index is 0.690. The molecule has 0 amide bonds. The highest BCUT2D eigenvalue weighted by atomic mass is 32.2. The molecule has 0 saturated carbocycles. The van der Waals surface area contributed by atoms with Crippen molar-refractivity contribution in [3.63, 3.8) is 0 Å². The molecule has 0 aromatic rings. The van der Waals surface area contributed by atoms with Crippen molar-refractivity contribution >= 4 is 16.8 Å². The predicted molar refractivity (Wildman–Crippen MR) is 109 cm³/mol. The summed E-state index contributed by atoms with van der Waals surface area (Å²) in [6, 6.07) is 0. The molecule has 0 atom stereocenters. The van der Waals surface area contributed by atoms with Gasteiger partial charge in [0.25, 0.3) is 0 Å². The molecule has 0 bridgehead atoms. The summed E-state index contributed by atoms with van der Waals surface area (Å²) in [6.07, 6.45) is 26.1. The van der Waals surface area contributed by atoms with Gasteiger partial charge in [-0.25, -0.2) is 0 Å². The lowest BCUT2D eigenvalue weighted by atomic mass is 10.2. The Morgan fingerprint density at radius 3 is 2.12 bits per heavy atom. The second-order valence-electron chi connectivity index (χ2n) is 5.96. The predicted octanol–water partition coefficient (Wildman–Crippen LogP) is 7.09. The second-order valence-corrected chi connectivity index (χ2v) is 7.13. The third-order valence-electron chi connectivity index (χ3n) is 3.73. The molecule has 0 aromatic carbocycles. The van der Waals surface area contributed by atoms with Gasteiger partial charge in [-0.1, -0.05) is 62.6 Å². The maximum Gasteiger partial charge on any atom is 0.121 e. The minimum absolute atomic E-state index is 0.690. The highest BCUT2D eigenvalue weighted by Gasteiger charge is 2.03. The van der Waals surface area contributed by atoms with Crippen LogP contribution in [0, 0.1) is 0 Å². The Balaban J connectivity index is 1.81. The SMILES string of the molecule is CCCCC/C=C\C/C=C\C/C=C\CCCCCSC1=NN=NC1. The lowest BCUT2D eigenvalue weighted by Crippen LogP contribution is -1.94. The lowest BCUT2D eigenvalue weighted by molar-refractivity contribution is 0.728. The Morgan fingerprint density at radius 2 is 1.50 bits per heavy atom. The Hall–Kier alpha value is -1.16. The Bertz CT molecular complexity index is 436. The second kappa shape index (κ2) is 16.7. The van der Waals surface area contributed by atoms with Gasteiger partial charge in [0.05, 0.1) is 0 Å². The molecule has 24 heavy (non-hydrogen) atoms. The van der Waals surface area contributed by atoms with Crippen molar-refractivity contribution < 1.29 is 0 Å². The average molecular weight is 348 g/mol. The maximum absolute atomic E-state index is 3.96. The van der Waals surface area contributed by atoms with Crippen molar-refractivity contribution in [2.75, 3.05) is 12.3 Å². The molecule has 1 heterocycles. The van der Waals surface area contributed by atoms with E-state index >= 15 is 0 Å². The van der Waals surface area contributed by atoms with Crippen LogP contribution in [0.4, 0.5) is 0 Å². The maximum atomic E-state index is 3.96. The minimum Gasteiger partial charge on any atom is -0.162 e. The van der Waals surface area contributed by atoms with Crippen molar-refractivity contribution in [2.24, 2.45) is 15.4 Å². The first-order valence-corrected chi connectivity index (χ1v) is 10.4. The summed E-state index contributed by atoms with van der Waals surface area (Å²) in [7, 11) is 0. The number of nitrogens with zero attached hydrogens (tertiary/aromatic N) is 3. The zero-order chi connectivity index (χ0) is 17.1. The smallest absolute Gasteiger partial charge is 0.121 e. The van der Waals surface area contributed by atoms with E-state index in [0.29, 0.717) is 6.54 Å². The summed E-state index contributed by atoms with van der Waals surface area (Å²) >= 11 is 1.80. The molecule has 0 saturated heterocycles. The largest absolute Gasteiger partial charge is 0.162 e. The van der Waals surface area contributed by atoms with Gasteiger partial charge in [-0.05, 0) is 55.9 Å². The Kier molecular flexibility index (Phi) is 14.5. The third-order valence-corrected chi connectivity index (χ3v) is 4.76. The number of hydrogen-bond acceptors (Lipinski definition) is 4.